The Bertz CT molecular complexity index is 235. The van der Waals surface area contributed by atoms with Gasteiger partial charge >= 0.3 is 5.97 Å². The van der Waals surface area contributed by atoms with E-state index in [9.17, 15) is 14.7 Å². The lowest BCUT2D eigenvalue weighted by molar-refractivity contribution is -0.146. The fourth-order valence-corrected chi connectivity index (χ4v) is 1.43. The Hall–Kier alpha value is -1.14. The van der Waals surface area contributed by atoms with Gasteiger partial charge < -0.3 is 19.8 Å². The van der Waals surface area contributed by atoms with Crippen molar-refractivity contribution >= 4 is 11.9 Å². The molecule has 15 heavy (non-hydrogen) atoms. The van der Waals surface area contributed by atoms with Gasteiger partial charge in [0, 0.05) is 13.1 Å². The molecular formula is C9H15NO5. The fraction of sp³-hybridized carbons (Fsp3) is 0.778. The van der Waals surface area contributed by atoms with Crippen molar-refractivity contribution in [3.05, 3.63) is 0 Å². The van der Waals surface area contributed by atoms with Gasteiger partial charge in [-0.05, 0) is 12.8 Å². The lowest BCUT2D eigenvalue weighted by atomic mass is 10.1. The number of aliphatic carboxylic acids is 1. The van der Waals surface area contributed by atoms with Crippen molar-refractivity contribution in [3.8, 4) is 0 Å². The highest BCUT2D eigenvalue weighted by molar-refractivity contribution is 5.78. The van der Waals surface area contributed by atoms with Crippen LogP contribution in [0.4, 0.5) is 0 Å². The van der Waals surface area contributed by atoms with Crippen LogP contribution in [0.25, 0.3) is 0 Å². The van der Waals surface area contributed by atoms with Gasteiger partial charge in [0.15, 0.2) is 0 Å². The predicted octanol–water partition coefficient (Wildman–Crippen LogP) is -0.929. The summed E-state index contributed by atoms with van der Waals surface area (Å²) in [5, 5.41) is 17.5. The van der Waals surface area contributed by atoms with Crippen molar-refractivity contribution in [1.82, 2.24) is 4.90 Å². The first kappa shape index (κ1) is 11.9. The van der Waals surface area contributed by atoms with E-state index in [1.54, 1.807) is 4.90 Å². The third-order valence-electron chi connectivity index (χ3n) is 2.27. The minimum Gasteiger partial charge on any atom is -0.480 e. The highest BCUT2D eigenvalue weighted by Crippen LogP contribution is 2.09. The highest BCUT2D eigenvalue weighted by atomic mass is 16.5. The first-order valence-corrected chi connectivity index (χ1v) is 4.85. The molecule has 1 saturated heterocycles. The maximum Gasteiger partial charge on any atom is 0.329 e. The van der Waals surface area contributed by atoms with Gasteiger partial charge in [-0.1, -0.05) is 0 Å². The van der Waals surface area contributed by atoms with E-state index < -0.39 is 12.6 Å². The van der Waals surface area contributed by atoms with Crippen LogP contribution >= 0.6 is 0 Å². The number of rotatable bonds is 4. The van der Waals surface area contributed by atoms with E-state index >= 15 is 0 Å². The minimum atomic E-state index is -1.09. The summed E-state index contributed by atoms with van der Waals surface area (Å²) < 4.78 is 4.68. The normalized spacial score (nSPS) is 17.8. The number of hydrogen-bond donors (Lipinski definition) is 2. The Labute approximate surface area is 87.4 Å². The molecule has 0 radical (unpaired) electrons. The molecule has 0 unspecified atom stereocenters. The van der Waals surface area contributed by atoms with E-state index in [1.807, 2.05) is 0 Å². The molecule has 1 rings (SSSR count). The third-order valence-corrected chi connectivity index (χ3v) is 2.27. The smallest absolute Gasteiger partial charge is 0.329 e. The van der Waals surface area contributed by atoms with E-state index in [2.05, 4.69) is 4.74 Å². The van der Waals surface area contributed by atoms with Gasteiger partial charge in [-0.15, -0.1) is 0 Å². The van der Waals surface area contributed by atoms with Crippen LogP contribution in [0.5, 0.6) is 0 Å². The molecule has 2 N–H and O–H groups in total. The number of amides is 1. The zero-order valence-corrected chi connectivity index (χ0v) is 8.39. The molecule has 0 spiro atoms. The fourth-order valence-electron chi connectivity index (χ4n) is 1.43. The number of piperidine rings is 1. The number of likely N-dealkylation sites (tertiary alicyclic amines) is 1. The van der Waals surface area contributed by atoms with E-state index in [0.717, 1.165) is 0 Å². The van der Waals surface area contributed by atoms with Crippen molar-refractivity contribution in [2.24, 2.45) is 0 Å². The van der Waals surface area contributed by atoms with Crippen molar-refractivity contribution < 1.29 is 24.5 Å². The number of carboxylic acid groups (broad SMARTS) is 1. The molecule has 6 heteroatoms. The standard InChI is InChI=1S/C9H15NO5/c11-7-1-3-10(4-2-7)8(12)5-15-6-9(13)14/h7,11H,1-6H2,(H,13,14). The lowest BCUT2D eigenvalue weighted by Gasteiger charge is -2.29. The van der Waals surface area contributed by atoms with E-state index in [-0.39, 0.29) is 18.6 Å². The highest BCUT2D eigenvalue weighted by Gasteiger charge is 2.21. The summed E-state index contributed by atoms with van der Waals surface area (Å²) >= 11 is 0. The maximum absolute atomic E-state index is 11.4. The average Bonchev–Trinajstić information content (AvgIpc) is 2.18. The topological polar surface area (TPSA) is 87.1 Å². The van der Waals surface area contributed by atoms with Gasteiger partial charge in [-0.25, -0.2) is 4.79 Å². The first-order chi connectivity index (χ1) is 7.09. The van der Waals surface area contributed by atoms with Crippen molar-refractivity contribution in [2.45, 2.75) is 18.9 Å². The number of carbonyl (C=O) groups excluding carboxylic acids is 1. The van der Waals surface area contributed by atoms with Crippen LogP contribution in [0.15, 0.2) is 0 Å². The zero-order valence-electron chi connectivity index (χ0n) is 8.39. The molecule has 1 aliphatic heterocycles. The maximum atomic E-state index is 11.4. The molecule has 0 atom stereocenters. The molecule has 1 fully saturated rings. The Morgan fingerprint density at radius 3 is 2.40 bits per heavy atom. The second-order valence-electron chi connectivity index (χ2n) is 3.50. The number of ether oxygens (including phenoxy) is 1. The molecule has 0 saturated carbocycles. The van der Waals surface area contributed by atoms with Gasteiger partial charge in [0.05, 0.1) is 6.10 Å². The summed E-state index contributed by atoms with van der Waals surface area (Å²) in [6, 6.07) is 0. The number of carbonyl (C=O) groups is 2. The average molecular weight is 217 g/mol. The Balaban J connectivity index is 2.19. The molecule has 86 valence electrons. The van der Waals surface area contributed by atoms with Crippen molar-refractivity contribution in [1.29, 1.82) is 0 Å². The molecule has 6 nitrogen and oxygen atoms in total. The largest absolute Gasteiger partial charge is 0.480 e. The summed E-state index contributed by atoms with van der Waals surface area (Å²) in [6.45, 7) is 0.359. The van der Waals surface area contributed by atoms with Crippen LogP contribution in [-0.2, 0) is 14.3 Å². The second kappa shape index (κ2) is 5.67. The Morgan fingerprint density at radius 1 is 1.27 bits per heavy atom. The monoisotopic (exact) mass is 217 g/mol. The number of aliphatic hydroxyl groups is 1. The summed E-state index contributed by atoms with van der Waals surface area (Å²) in [7, 11) is 0. The number of hydrogen-bond acceptors (Lipinski definition) is 4. The van der Waals surface area contributed by atoms with Crippen LogP contribution in [0, 0.1) is 0 Å². The van der Waals surface area contributed by atoms with Crippen LogP contribution in [0.3, 0.4) is 0 Å². The molecule has 0 aromatic heterocycles. The van der Waals surface area contributed by atoms with Crippen LogP contribution in [-0.4, -0.2) is 59.4 Å². The van der Waals surface area contributed by atoms with Gasteiger partial charge in [0.1, 0.15) is 13.2 Å². The molecule has 1 amide bonds. The van der Waals surface area contributed by atoms with Gasteiger partial charge in [-0.2, -0.15) is 0 Å². The van der Waals surface area contributed by atoms with Crippen molar-refractivity contribution in [2.75, 3.05) is 26.3 Å². The first-order valence-electron chi connectivity index (χ1n) is 4.85. The van der Waals surface area contributed by atoms with Gasteiger partial charge in [0.2, 0.25) is 5.91 Å². The van der Waals surface area contributed by atoms with E-state index in [0.29, 0.717) is 25.9 Å². The van der Waals surface area contributed by atoms with Crippen molar-refractivity contribution in [3.63, 3.8) is 0 Å². The van der Waals surface area contributed by atoms with Crippen LogP contribution < -0.4 is 0 Å². The number of carboxylic acids is 1. The molecular weight excluding hydrogens is 202 g/mol. The SMILES string of the molecule is O=C(O)COCC(=O)N1CCC(O)CC1. The second-order valence-corrected chi connectivity index (χ2v) is 3.50. The molecule has 1 heterocycles. The van der Waals surface area contributed by atoms with E-state index in [1.165, 1.54) is 0 Å². The molecule has 1 aliphatic rings. The van der Waals surface area contributed by atoms with E-state index in [4.69, 9.17) is 5.11 Å². The van der Waals surface area contributed by atoms with Crippen LogP contribution in [0.2, 0.25) is 0 Å². The molecule has 0 aliphatic carbocycles. The quantitative estimate of drug-likeness (QED) is 0.635. The predicted molar refractivity (Wildman–Crippen MR) is 50.3 cm³/mol. The zero-order chi connectivity index (χ0) is 11.3. The van der Waals surface area contributed by atoms with Gasteiger partial charge in [-0.3, -0.25) is 4.79 Å². The third kappa shape index (κ3) is 4.26. The summed E-state index contributed by atoms with van der Waals surface area (Å²) in [4.78, 5) is 23.1. The minimum absolute atomic E-state index is 0.206. The summed E-state index contributed by atoms with van der Waals surface area (Å²) in [5.74, 6) is -1.31. The van der Waals surface area contributed by atoms with Gasteiger partial charge in [0.25, 0.3) is 0 Å². The molecule has 0 aromatic carbocycles. The summed E-state index contributed by atoms with van der Waals surface area (Å²) in [5.41, 5.74) is 0. The summed E-state index contributed by atoms with van der Waals surface area (Å²) in [6.07, 6.45) is 0.823. The molecule has 0 bridgehead atoms. The lowest BCUT2D eigenvalue weighted by Crippen LogP contribution is -2.42. The Morgan fingerprint density at radius 2 is 1.87 bits per heavy atom. The number of nitrogens with zero attached hydrogens (tertiary/aromatic N) is 1. The van der Waals surface area contributed by atoms with Crippen LogP contribution in [0.1, 0.15) is 12.8 Å². The Kier molecular flexibility index (Phi) is 4.51. The number of aliphatic hydroxyl groups excluding tert-OH is 1. The molecule has 0 aromatic rings.